The summed E-state index contributed by atoms with van der Waals surface area (Å²) in [4.78, 5) is 73.0. The molecule has 17 nitrogen and oxygen atoms in total. The molecule has 0 aromatic carbocycles. The van der Waals surface area contributed by atoms with Gasteiger partial charge >= 0.3 is 39.5 Å². The summed E-state index contributed by atoms with van der Waals surface area (Å²) in [5, 5.41) is 10.6. The first-order chi connectivity index (χ1) is 48.2. The van der Waals surface area contributed by atoms with Crippen LogP contribution in [0.1, 0.15) is 415 Å². The number of aliphatic hydroxyl groups is 1. The maximum absolute atomic E-state index is 13.1. The molecule has 0 fully saturated rings. The SMILES string of the molecule is CCC(C)CCCCCCCCCCCCCCCCCCCCC(=O)O[C@H](COC(=O)CCCCCCCCCCCC(C)C)COP(=O)(O)OC[C@@H](O)COP(=O)(O)OC[C@@H](COC(=O)CCCCCCCCC(C)CC)OC(=O)CCCCCCCCCCCCCCCC(C)C. The number of hydrogen-bond donors (Lipinski definition) is 3. The van der Waals surface area contributed by atoms with Gasteiger partial charge in [0.2, 0.25) is 0 Å². The van der Waals surface area contributed by atoms with Crippen molar-refractivity contribution in [3.63, 3.8) is 0 Å². The van der Waals surface area contributed by atoms with Gasteiger partial charge in [-0.15, -0.1) is 0 Å². The van der Waals surface area contributed by atoms with E-state index in [0.29, 0.717) is 25.7 Å². The third-order valence-corrected chi connectivity index (χ3v) is 21.4. The van der Waals surface area contributed by atoms with E-state index >= 15 is 0 Å². The van der Waals surface area contributed by atoms with E-state index < -0.39 is 97.5 Å². The first-order valence-corrected chi connectivity index (χ1v) is 44.8. The summed E-state index contributed by atoms with van der Waals surface area (Å²) in [5.41, 5.74) is 0. The van der Waals surface area contributed by atoms with E-state index in [0.717, 1.165) is 120 Å². The lowest BCUT2D eigenvalue weighted by molar-refractivity contribution is -0.161. The van der Waals surface area contributed by atoms with Gasteiger partial charge in [-0.3, -0.25) is 37.3 Å². The Bertz CT molecular complexity index is 1960. The lowest BCUT2D eigenvalue weighted by Crippen LogP contribution is -2.30. The molecule has 100 heavy (non-hydrogen) atoms. The van der Waals surface area contributed by atoms with Crippen molar-refractivity contribution in [2.45, 2.75) is 433 Å². The van der Waals surface area contributed by atoms with Crippen LogP contribution in [0, 0.1) is 23.7 Å². The van der Waals surface area contributed by atoms with Gasteiger partial charge in [0.1, 0.15) is 19.3 Å². The average Bonchev–Trinajstić information content (AvgIpc) is 0.971. The van der Waals surface area contributed by atoms with Crippen molar-refractivity contribution in [3.8, 4) is 0 Å². The molecule has 0 heterocycles. The van der Waals surface area contributed by atoms with E-state index in [4.69, 9.17) is 37.0 Å². The van der Waals surface area contributed by atoms with Crippen LogP contribution in [0.25, 0.3) is 0 Å². The Kier molecular flexibility index (Phi) is 68.7. The first kappa shape index (κ1) is 98.1. The summed E-state index contributed by atoms with van der Waals surface area (Å²) < 4.78 is 68.7. The van der Waals surface area contributed by atoms with Crippen LogP contribution < -0.4 is 0 Å². The molecule has 3 N–H and O–H groups in total. The Morgan fingerprint density at radius 1 is 0.280 bits per heavy atom. The zero-order valence-corrected chi connectivity index (χ0v) is 67.6. The van der Waals surface area contributed by atoms with Crippen molar-refractivity contribution >= 4 is 39.5 Å². The third-order valence-electron chi connectivity index (χ3n) is 19.5. The van der Waals surface area contributed by atoms with E-state index in [1.165, 1.54) is 212 Å². The number of esters is 4. The second kappa shape index (κ2) is 70.1. The molecule has 0 spiro atoms. The van der Waals surface area contributed by atoms with E-state index in [1.807, 2.05) is 0 Å². The minimum absolute atomic E-state index is 0.106. The zero-order valence-electron chi connectivity index (χ0n) is 65.8. The summed E-state index contributed by atoms with van der Waals surface area (Å²) >= 11 is 0. The van der Waals surface area contributed by atoms with Crippen molar-refractivity contribution in [2.75, 3.05) is 39.6 Å². The molecule has 0 aliphatic rings. The quantitative estimate of drug-likeness (QED) is 0.0222. The van der Waals surface area contributed by atoms with Gasteiger partial charge < -0.3 is 33.8 Å². The highest BCUT2D eigenvalue weighted by Crippen LogP contribution is 2.45. The minimum Gasteiger partial charge on any atom is -0.462 e. The van der Waals surface area contributed by atoms with E-state index in [2.05, 4.69) is 55.4 Å². The highest BCUT2D eigenvalue weighted by atomic mass is 31.2. The van der Waals surface area contributed by atoms with Crippen LogP contribution >= 0.6 is 15.6 Å². The van der Waals surface area contributed by atoms with Gasteiger partial charge in [-0.2, -0.15) is 0 Å². The average molecular weight is 1470 g/mol. The molecule has 4 unspecified atom stereocenters. The van der Waals surface area contributed by atoms with Crippen LogP contribution in [0.2, 0.25) is 0 Å². The number of phosphoric ester groups is 2. The number of hydrogen-bond acceptors (Lipinski definition) is 15. The van der Waals surface area contributed by atoms with Gasteiger partial charge in [-0.05, 0) is 49.4 Å². The molecule has 0 aliphatic carbocycles. The Morgan fingerprint density at radius 2 is 0.480 bits per heavy atom. The van der Waals surface area contributed by atoms with Crippen molar-refractivity contribution in [1.82, 2.24) is 0 Å². The number of carbonyl (C=O) groups excluding carboxylic acids is 4. The standard InChI is InChI=1S/C81H158O17P2/c1-9-73(7)59-51-43-35-29-23-19-15-13-11-12-14-16-20-24-30-37-47-55-63-80(85)97-76(67-91-78(83)61-53-45-36-32-26-28-34-42-50-58-72(5)6)69-95-99(87,88)93-65-75(82)66-94-100(89,90)96-70-77(68-92-79(84)62-54-46-40-39-44-52-60-74(8)10-2)98-81(86)64-56-48-38-31-25-21-17-18-22-27-33-41-49-57-71(3)4/h71-77,82H,9-70H2,1-8H3,(H,87,88)(H,89,90)/t73?,74?,75-,76-,77-/m1/s1. The van der Waals surface area contributed by atoms with Crippen molar-refractivity contribution < 1.29 is 80.2 Å². The number of phosphoric acid groups is 2. The van der Waals surface area contributed by atoms with Crippen LogP contribution in [0.5, 0.6) is 0 Å². The molecule has 0 aromatic rings. The Labute approximate surface area is 613 Å². The maximum atomic E-state index is 13.1. The van der Waals surface area contributed by atoms with Crippen molar-refractivity contribution in [2.24, 2.45) is 23.7 Å². The summed E-state index contributed by atoms with van der Waals surface area (Å²) in [6, 6.07) is 0. The fourth-order valence-electron chi connectivity index (χ4n) is 12.4. The van der Waals surface area contributed by atoms with E-state index in [1.54, 1.807) is 0 Å². The molecule has 0 amide bonds. The smallest absolute Gasteiger partial charge is 0.462 e. The molecule has 0 aliphatic heterocycles. The van der Waals surface area contributed by atoms with Crippen LogP contribution in [0.4, 0.5) is 0 Å². The fourth-order valence-corrected chi connectivity index (χ4v) is 13.9. The van der Waals surface area contributed by atoms with Crippen LogP contribution in [-0.4, -0.2) is 96.7 Å². The molecule has 7 atom stereocenters. The molecule has 0 radical (unpaired) electrons. The third kappa shape index (κ3) is 71.7. The van der Waals surface area contributed by atoms with Gasteiger partial charge in [0.25, 0.3) is 0 Å². The van der Waals surface area contributed by atoms with Gasteiger partial charge in [-0.25, -0.2) is 9.13 Å². The molecule has 0 aromatic heterocycles. The van der Waals surface area contributed by atoms with Crippen molar-refractivity contribution in [1.29, 1.82) is 0 Å². The fraction of sp³-hybridized carbons (Fsp3) is 0.951. The number of unbranched alkanes of at least 4 members (excludes halogenated alkanes) is 42. The number of carbonyl (C=O) groups is 4. The topological polar surface area (TPSA) is 237 Å². The molecule has 0 saturated heterocycles. The lowest BCUT2D eigenvalue weighted by atomic mass is 9.99. The van der Waals surface area contributed by atoms with Crippen molar-refractivity contribution in [3.05, 3.63) is 0 Å². The van der Waals surface area contributed by atoms with E-state index in [-0.39, 0.29) is 25.7 Å². The zero-order chi connectivity index (χ0) is 73.8. The van der Waals surface area contributed by atoms with Gasteiger partial charge in [0, 0.05) is 25.7 Å². The second-order valence-corrected chi connectivity index (χ2v) is 33.5. The molecular weight excluding hydrogens is 1310 g/mol. The molecular formula is C81H158O17P2. The summed E-state index contributed by atoms with van der Waals surface area (Å²) in [5.74, 6) is 1.02. The Morgan fingerprint density at radius 3 is 0.710 bits per heavy atom. The largest absolute Gasteiger partial charge is 0.472 e. The lowest BCUT2D eigenvalue weighted by Gasteiger charge is -2.21. The number of rotatable bonds is 78. The first-order valence-electron chi connectivity index (χ1n) is 41.8. The predicted molar refractivity (Wildman–Crippen MR) is 409 cm³/mol. The molecule has 594 valence electrons. The molecule has 0 rings (SSSR count). The summed E-state index contributed by atoms with van der Waals surface area (Å²) in [6.07, 6.45) is 57.0. The second-order valence-electron chi connectivity index (χ2n) is 30.6. The highest BCUT2D eigenvalue weighted by Gasteiger charge is 2.30. The normalized spacial score (nSPS) is 14.6. The highest BCUT2D eigenvalue weighted by molar-refractivity contribution is 7.47. The predicted octanol–water partition coefficient (Wildman–Crippen LogP) is 24.0. The number of ether oxygens (including phenoxy) is 4. The summed E-state index contributed by atoms with van der Waals surface area (Å²) in [7, 11) is -9.92. The number of aliphatic hydroxyl groups excluding tert-OH is 1. The Balaban J connectivity index is 5.20. The van der Waals surface area contributed by atoms with Crippen LogP contribution in [-0.2, 0) is 65.4 Å². The van der Waals surface area contributed by atoms with Gasteiger partial charge in [0.05, 0.1) is 26.4 Å². The van der Waals surface area contributed by atoms with E-state index in [9.17, 15) is 43.2 Å². The molecule has 0 bridgehead atoms. The minimum atomic E-state index is -4.96. The molecule has 0 saturated carbocycles. The monoisotopic (exact) mass is 1470 g/mol. The Hall–Kier alpha value is -1.94. The molecule has 19 heteroatoms. The van der Waals surface area contributed by atoms with Gasteiger partial charge in [-0.1, -0.05) is 364 Å². The van der Waals surface area contributed by atoms with Crippen LogP contribution in [0.3, 0.4) is 0 Å². The maximum Gasteiger partial charge on any atom is 0.472 e. The summed E-state index contributed by atoms with van der Waals surface area (Å²) in [6.45, 7) is 14.3. The van der Waals surface area contributed by atoms with Gasteiger partial charge in [0.15, 0.2) is 12.2 Å². The van der Waals surface area contributed by atoms with Crippen LogP contribution in [0.15, 0.2) is 0 Å².